The van der Waals surface area contributed by atoms with Gasteiger partial charge in [0.1, 0.15) is 0 Å². The number of hydrogen-bond donors (Lipinski definition) is 0. The van der Waals surface area contributed by atoms with Crippen molar-refractivity contribution in [1.82, 2.24) is 14.6 Å². The second-order valence-electron chi connectivity index (χ2n) is 4.15. The minimum atomic E-state index is -0.960. The summed E-state index contributed by atoms with van der Waals surface area (Å²) in [5.74, 6) is 0.686. The van der Waals surface area contributed by atoms with Crippen LogP contribution < -0.4 is 5.56 Å². The van der Waals surface area contributed by atoms with Crippen LogP contribution in [0.2, 0.25) is 5.15 Å². The molecule has 10 heteroatoms. The fourth-order valence-corrected chi connectivity index (χ4v) is 3.93. The lowest BCUT2D eigenvalue weighted by molar-refractivity contribution is -0.386. The number of hydrogen-bond acceptors (Lipinski definition) is 7. The summed E-state index contributed by atoms with van der Waals surface area (Å²) in [5.41, 5.74) is -0.603. The maximum Gasteiger partial charge on any atom is 0.372 e. The van der Waals surface area contributed by atoms with Gasteiger partial charge in [-0.3, -0.25) is 14.9 Å². The summed E-state index contributed by atoms with van der Waals surface area (Å²) < 4.78 is 1.75. The van der Waals surface area contributed by atoms with Gasteiger partial charge in [0.25, 0.3) is 0 Å². The normalized spacial score (nSPS) is 11.0. The first-order chi connectivity index (χ1) is 10.6. The summed E-state index contributed by atoms with van der Waals surface area (Å²) in [6.45, 7) is 0. The molecule has 2 heterocycles. The smallest absolute Gasteiger partial charge is 0.259 e. The highest BCUT2D eigenvalue weighted by atomic mass is 35.5. The van der Waals surface area contributed by atoms with Crippen LogP contribution in [0.25, 0.3) is 4.96 Å². The van der Waals surface area contributed by atoms with Crippen LogP contribution in [0.1, 0.15) is 5.56 Å². The van der Waals surface area contributed by atoms with Crippen LogP contribution in [-0.2, 0) is 5.75 Å². The molecule has 3 aromatic rings. The highest BCUT2D eigenvalue weighted by Gasteiger charge is 2.24. The summed E-state index contributed by atoms with van der Waals surface area (Å²) >= 11 is 8.49. The summed E-state index contributed by atoms with van der Waals surface area (Å²) in [6, 6.07) is 9.78. The average molecular weight is 355 g/mol. The molecule has 0 atom stereocenters. The van der Waals surface area contributed by atoms with E-state index in [4.69, 9.17) is 11.6 Å². The lowest BCUT2D eigenvalue weighted by atomic mass is 10.2. The fourth-order valence-electron chi connectivity index (χ4n) is 1.72. The molecular formula is C12H7ClN4O3S2. The molecule has 1 aromatic carbocycles. The molecule has 0 amide bonds. The van der Waals surface area contributed by atoms with Crippen molar-refractivity contribution in [1.29, 1.82) is 0 Å². The average Bonchev–Trinajstić information content (AvgIpc) is 2.89. The molecule has 0 aliphatic rings. The van der Waals surface area contributed by atoms with Crippen LogP contribution in [0, 0.1) is 10.1 Å². The first-order valence-electron chi connectivity index (χ1n) is 5.97. The molecule has 0 N–H and O–H groups in total. The number of nitrogens with zero attached hydrogens (tertiary/aromatic N) is 4. The second kappa shape index (κ2) is 6.03. The zero-order valence-electron chi connectivity index (χ0n) is 10.8. The number of benzene rings is 1. The summed E-state index contributed by atoms with van der Waals surface area (Å²) in [6.07, 6.45) is 0. The first-order valence-corrected chi connectivity index (χ1v) is 8.15. The van der Waals surface area contributed by atoms with Crippen LogP contribution in [0.15, 0.2) is 39.5 Å². The van der Waals surface area contributed by atoms with E-state index < -0.39 is 16.2 Å². The van der Waals surface area contributed by atoms with Gasteiger partial charge in [-0.15, -0.1) is 5.10 Å². The highest BCUT2D eigenvalue weighted by Crippen LogP contribution is 2.29. The number of halogens is 1. The molecule has 112 valence electrons. The Labute approximate surface area is 136 Å². The Morgan fingerprint density at radius 3 is 2.77 bits per heavy atom. The Morgan fingerprint density at radius 2 is 2.09 bits per heavy atom. The SMILES string of the molecule is O=c1nc2sc(SCc3ccccc3)nn2c(Cl)c1[N+](=O)[O-]. The minimum absolute atomic E-state index is 0.233. The van der Waals surface area contributed by atoms with Crippen LogP contribution >= 0.6 is 34.7 Å². The van der Waals surface area contributed by atoms with Crippen molar-refractivity contribution in [2.24, 2.45) is 0 Å². The molecule has 3 rings (SSSR count). The van der Waals surface area contributed by atoms with Gasteiger partial charge >= 0.3 is 11.2 Å². The van der Waals surface area contributed by atoms with Gasteiger partial charge in [-0.1, -0.05) is 65.0 Å². The largest absolute Gasteiger partial charge is 0.372 e. The maximum atomic E-state index is 11.6. The third-order valence-electron chi connectivity index (χ3n) is 2.71. The van der Waals surface area contributed by atoms with Gasteiger partial charge in [-0.2, -0.15) is 9.50 Å². The Hall–Kier alpha value is -1.97. The molecule has 0 radical (unpaired) electrons. The van der Waals surface area contributed by atoms with E-state index in [2.05, 4.69) is 10.1 Å². The van der Waals surface area contributed by atoms with Crippen LogP contribution in [0.5, 0.6) is 0 Å². The number of nitro groups is 1. The summed E-state index contributed by atoms with van der Waals surface area (Å²) in [5, 5.41) is 14.7. The van der Waals surface area contributed by atoms with E-state index in [1.54, 1.807) is 0 Å². The standard InChI is InChI=1S/C12H7ClN4O3S2/c13-9-8(17(19)20)10(18)14-11-16(9)15-12(22-11)21-6-7-4-2-1-3-5-7/h1-5H,6H2. The zero-order chi connectivity index (χ0) is 15.7. The topological polar surface area (TPSA) is 90.4 Å². The molecule has 2 aromatic heterocycles. The molecule has 7 nitrogen and oxygen atoms in total. The molecule has 0 spiro atoms. The van der Waals surface area contributed by atoms with Crippen molar-refractivity contribution >= 4 is 45.3 Å². The summed E-state index contributed by atoms with van der Waals surface area (Å²) in [7, 11) is 0. The lowest BCUT2D eigenvalue weighted by Crippen LogP contribution is -2.14. The molecule has 0 fully saturated rings. The van der Waals surface area contributed by atoms with Crippen molar-refractivity contribution < 1.29 is 4.92 Å². The Bertz CT molecular complexity index is 910. The van der Waals surface area contributed by atoms with Gasteiger partial charge in [0.05, 0.1) is 4.92 Å². The van der Waals surface area contributed by atoms with Crippen molar-refractivity contribution in [3.05, 3.63) is 61.5 Å². The van der Waals surface area contributed by atoms with Crippen molar-refractivity contribution in [2.75, 3.05) is 0 Å². The third kappa shape index (κ3) is 2.82. The zero-order valence-corrected chi connectivity index (χ0v) is 13.2. The van der Waals surface area contributed by atoms with Crippen molar-refractivity contribution in [3.8, 4) is 0 Å². The molecule has 0 aliphatic carbocycles. The molecule has 0 unspecified atom stereocenters. The van der Waals surface area contributed by atoms with Gasteiger partial charge in [-0.25, -0.2) is 0 Å². The fraction of sp³-hybridized carbons (Fsp3) is 0.0833. The van der Waals surface area contributed by atoms with E-state index in [0.29, 0.717) is 10.1 Å². The quantitative estimate of drug-likeness (QED) is 0.309. The predicted octanol–water partition coefficient (Wildman–Crippen LogP) is 3.00. The molecular weight excluding hydrogens is 348 g/mol. The lowest BCUT2D eigenvalue weighted by Gasteiger charge is -1.97. The Morgan fingerprint density at radius 1 is 1.36 bits per heavy atom. The Kier molecular flexibility index (Phi) is 4.10. The predicted molar refractivity (Wildman–Crippen MR) is 84.8 cm³/mol. The molecule has 22 heavy (non-hydrogen) atoms. The van der Waals surface area contributed by atoms with Crippen LogP contribution in [0.4, 0.5) is 5.69 Å². The monoisotopic (exact) mass is 354 g/mol. The van der Waals surface area contributed by atoms with Crippen molar-refractivity contribution in [3.63, 3.8) is 0 Å². The first kappa shape index (κ1) is 14.9. The molecule has 0 saturated carbocycles. The number of thioether (sulfide) groups is 1. The minimum Gasteiger partial charge on any atom is -0.259 e. The number of aromatic nitrogens is 3. The molecule has 0 aliphatic heterocycles. The van der Waals surface area contributed by atoms with Gasteiger partial charge in [0, 0.05) is 5.75 Å². The number of rotatable bonds is 4. The highest BCUT2D eigenvalue weighted by molar-refractivity contribution is 8.00. The van der Waals surface area contributed by atoms with Crippen molar-refractivity contribution in [2.45, 2.75) is 10.1 Å². The third-order valence-corrected chi connectivity index (χ3v) is 5.16. The maximum absolute atomic E-state index is 11.6. The van der Waals surface area contributed by atoms with Crippen LogP contribution in [-0.4, -0.2) is 19.5 Å². The summed E-state index contributed by atoms with van der Waals surface area (Å²) in [4.78, 5) is 25.5. The van der Waals surface area contributed by atoms with E-state index in [1.807, 2.05) is 30.3 Å². The van der Waals surface area contributed by atoms with Gasteiger partial charge in [-0.05, 0) is 5.56 Å². The van der Waals surface area contributed by atoms with E-state index in [9.17, 15) is 14.9 Å². The van der Waals surface area contributed by atoms with Gasteiger partial charge in [0.15, 0.2) is 4.34 Å². The Balaban J connectivity index is 1.95. The van der Waals surface area contributed by atoms with Gasteiger partial charge < -0.3 is 0 Å². The molecule has 0 saturated heterocycles. The van der Waals surface area contributed by atoms with E-state index >= 15 is 0 Å². The van der Waals surface area contributed by atoms with Crippen LogP contribution in [0.3, 0.4) is 0 Å². The van der Waals surface area contributed by atoms with Gasteiger partial charge in [0.2, 0.25) is 10.1 Å². The van der Waals surface area contributed by atoms with E-state index in [1.165, 1.54) is 11.8 Å². The second-order valence-corrected chi connectivity index (χ2v) is 6.69. The molecule has 0 bridgehead atoms. The number of fused-ring (bicyclic) bond motifs is 1. The van der Waals surface area contributed by atoms with E-state index in [-0.39, 0.29) is 10.1 Å². The van der Waals surface area contributed by atoms with E-state index in [0.717, 1.165) is 21.4 Å².